The van der Waals surface area contributed by atoms with Crippen LogP contribution in [0.4, 0.5) is 10.1 Å². The molecule has 3 N–H and O–H groups in total. The first kappa shape index (κ1) is 13.8. The molecule has 0 fully saturated rings. The number of furan rings is 1. The lowest BCUT2D eigenvalue weighted by atomic mass is 10.1. The zero-order chi connectivity index (χ0) is 14.5. The van der Waals surface area contributed by atoms with Crippen molar-refractivity contribution >= 4 is 11.6 Å². The van der Waals surface area contributed by atoms with Crippen molar-refractivity contribution in [2.45, 2.75) is 6.92 Å². The Morgan fingerprint density at radius 1 is 1.45 bits per heavy atom. The predicted octanol–water partition coefficient (Wildman–Crippen LogP) is 2.29. The van der Waals surface area contributed by atoms with E-state index in [1.54, 1.807) is 13.0 Å². The van der Waals surface area contributed by atoms with Crippen LogP contribution < -0.4 is 11.1 Å². The molecule has 2 rings (SSSR count). The van der Waals surface area contributed by atoms with Crippen LogP contribution in [-0.2, 0) is 0 Å². The van der Waals surface area contributed by atoms with Crippen molar-refractivity contribution in [2.24, 2.45) is 5.73 Å². The van der Waals surface area contributed by atoms with Crippen LogP contribution in [0.5, 0.6) is 0 Å². The van der Waals surface area contributed by atoms with Crippen LogP contribution in [0.1, 0.15) is 21.7 Å². The van der Waals surface area contributed by atoms with Crippen LogP contribution in [0.15, 0.2) is 34.9 Å². The quantitative estimate of drug-likeness (QED) is 0.824. The van der Waals surface area contributed by atoms with Gasteiger partial charge in [-0.25, -0.2) is 4.39 Å². The molecule has 1 aromatic heterocycles. The van der Waals surface area contributed by atoms with Crippen molar-refractivity contribution in [2.75, 3.05) is 11.9 Å². The third-order valence-corrected chi connectivity index (χ3v) is 2.62. The van der Waals surface area contributed by atoms with Crippen molar-refractivity contribution in [3.63, 3.8) is 0 Å². The van der Waals surface area contributed by atoms with E-state index in [1.165, 1.54) is 24.5 Å². The van der Waals surface area contributed by atoms with Gasteiger partial charge in [0.25, 0.3) is 5.91 Å². The summed E-state index contributed by atoms with van der Waals surface area (Å²) in [5.41, 5.74) is 6.79. The largest absolute Gasteiger partial charge is 0.459 e. The van der Waals surface area contributed by atoms with Gasteiger partial charge >= 0.3 is 0 Å². The average molecular weight is 272 g/mol. The highest BCUT2D eigenvalue weighted by Crippen LogP contribution is 2.18. The molecule has 0 bridgehead atoms. The summed E-state index contributed by atoms with van der Waals surface area (Å²) >= 11 is 0. The second kappa shape index (κ2) is 6.04. The molecule has 0 spiro atoms. The first-order valence-corrected chi connectivity index (χ1v) is 5.95. The molecule has 0 unspecified atom stereocenters. The third kappa shape index (κ3) is 3.05. The zero-order valence-electron chi connectivity index (χ0n) is 10.9. The lowest BCUT2D eigenvalue weighted by molar-refractivity contribution is 0.0996. The Bertz CT molecular complexity index is 695. The number of nitrogens with two attached hydrogens (primary N) is 1. The van der Waals surface area contributed by atoms with E-state index in [0.29, 0.717) is 11.3 Å². The summed E-state index contributed by atoms with van der Waals surface area (Å²) in [5.74, 6) is 4.72. The Kier molecular flexibility index (Phi) is 4.18. The molecule has 1 heterocycles. The Hall–Kier alpha value is -2.58. The van der Waals surface area contributed by atoms with Gasteiger partial charge in [-0.2, -0.15) is 0 Å². The van der Waals surface area contributed by atoms with E-state index < -0.39 is 11.7 Å². The fourth-order valence-electron chi connectivity index (χ4n) is 1.66. The van der Waals surface area contributed by atoms with E-state index in [0.717, 1.165) is 5.56 Å². The van der Waals surface area contributed by atoms with Crippen LogP contribution in [0, 0.1) is 24.6 Å². The van der Waals surface area contributed by atoms with Gasteiger partial charge in [0, 0.05) is 5.56 Å². The van der Waals surface area contributed by atoms with E-state index in [-0.39, 0.29) is 12.3 Å². The van der Waals surface area contributed by atoms with Crippen LogP contribution >= 0.6 is 0 Å². The number of aryl methyl sites for hydroxylation is 1. The number of amides is 1. The van der Waals surface area contributed by atoms with Crippen LogP contribution in [0.3, 0.4) is 0 Å². The number of benzene rings is 1. The lowest BCUT2D eigenvalue weighted by Crippen LogP contribution is -2.13. The van der Waals surface area contributed by atoms with Crippen LogP contribution in [0.2, 0.25) is 0 Å². The molecule has 20 heavy (non-hydrogen) atoms. The lowest BCUT2D eigenvalue weighted by Gasteiger charge is -2.06. The van der Waals surface area contributed by atoms with Gasteiger partial charge in [0.2, 0.25) is 0 Å². The van der Waals surface area contributed by atoms with E-state index in [2.05, 4.69) is 17.2 Å². The monoisotopic (exact) mass is 272 g/mol. The summed E-state index contributed by atoms with van der Waals surface area (Å²) in [6, 6.07) is 5.63. The number of hydrogen-bond acceptors (Lipinski definition) is 3. The first-order chi connectivity index (χ1) is 9.61. The maximum Gasteiger partial charge on any atom is 0.291 e. The normalized spacial score (nSPS) is 9.75. The minimum absolute atomic E-state index is 0.154. The van der Waals surface area contributed by atoms with Crippen molar-refractivity contribution in [1.29, 1.82) is 0 Å². The van der Waals surface area contributed by atoms with Crippen LogP contribution in [0.25, 0.3) is 0 Å². The minimum atomic E-state index is -0.432. The van der Waals surface area contributed by atoms with Crippen molar-refractivity contribution in [3.8, 4) is 11.8 Å². The smallest absolute Gasteiger partial charge is 0.291 e. The molecule has 0 aliphatic heterocycles. The zero-order valence-corrected chi connectivity index (χ0v) is 10.9. The first-order valence-electron chi connectivity index (χ1n) is 5.95. The number of rotatable bonds is 2. The molecule has 0 atom stereocenters. The number of nitrogens with one attached hydrogen (secondary N) is 1. The number of carbonyl (C=O) groups excluding carboxylic acids is 1. The van der Waals surface area contributed by atoms with Gasteiger partial charge in [0.1, 0.15) is 5.82 Å². The second-order valence-corrected chi connectivity index (χ2v) is 4.08. The summed E-state index contributed by atoms with van der Waals surface area (Å²) in [6.45, 7) is 1.92. The molecule has 0 aliphatic carbocycles. The summed E-state index contributed by atoms with van der Waals surface area (Å²) in [5, 5.41) is 2.65. The number of anilines is 1. The molecular formula is C15H13FN2O2. The molecule has 0 saturated heterocycles. The van der Waals surface area contributed by atoms with Gasteiger partial charge in [0.15, 0.2) is 5.76 Å². The number of hydrogen-bond donors (Lipinski definition) is 2. The summed E-state index contributed by atoms with van der Waals surface area (Å²) in [7, 11) is 0. The van der Waals surface area contributed by atoms with Crippen molar-refractivity contribution in [1.82, 2.24) is 0 Å². The Morgan fingerprint density at radius 3 is 2.90 bits per heavy atom. The molecule has 0 radical (unpaired) electrons. The summed E-state index contributed by atoms with van der Waals surface area (Å²) in [6.07, 6.45) is 1.43. The van der Waals surface area contributed by atoms with Gasteiger partial charge in [-0.3, -0.25) is 4.79 Å². The van der Waals surface area contributed by atoms with Gasteiger partial charge in [0.05, 0.1) is 24.1 Å². The molecule has 4 nitrogen and oxygen atoms in total. The van der Waals surface area contributed by atoms with E-state index in [1.807, 2.05) is 0 Å². The van der Waals surface area contributed by atoms with Gasteiger partial charge in [-0.05, 0) is 31.2 Å². The molecular weight excluding hydrogens is 259 g/mol. The molecule has 102 valence electrons. The Labute approximate surface area is 115 Å². The molecule has 0 aliphatic rings. The number of carbonyl (C=O) groups is 1. The fourth-order valence-corrected chi connectivity index (χ4v) is 1.66. The van der Waals surface area contributed by atoms with E-state index in [9.17, 15) is 9.18 Å². The maximum atomic E-state index is 13.2. The van der Waals surface area contributed by atoms with Gasteiger partial charge < -0.3 is 15.5 Å². The predicted molar refractivity (Wildman–Crippen MR) is 73.7 cm³/mol. The van der Waals surface area contributed by atoms with Gasteiger partial charge in [-0.15, -0.1) is 0 Å². The van der Waals surface area contributed by atoms with Crippen LogP contribution in [-0.4, -0.2) is 12.5 Å². The standard InChI is InChI=1S/C15H13FN2O2/c1-10-6-8-20-14(10)15(19)18-13-5-4-12(16)9-11(13)3-2-7-17/h4-6,8-9H,7,17H2,1H3,(H,18,19). The SMILES string of the molecule is Cc1ccoc1C(=O)Nc1ccc(F)cc1C#CCN. The van der Waals surface area contributed by atoms with Crippen molar-refractivity contribution < 1.29 is 13.6 Å². The highest BCUT2D eigenvalue weighted by atomic mass is 19.1. The second-order valence-electron chi connectivity index (χ2n) is 4.08. The molecule has 1 amide bonds. The molecule has 2 aromatic rings. The summed E-state index contributed by atoms with van der Waals surface area (Å²) < 4.78 is 18.3. The minimum Gasteiger partial charge on any atom is -0.459 e. The topological polar surface area (TPSA) is 68.3 Å². The third-order valence-electron chi connectivity index (χ3n) is 2.62. The van der Waals surface area contributed by atoms with E-state index >= 15 is 0 Å². The van der Waals surface area contributed by atoms with Crippen molar-refractivity contribution in [3.05, 3.63) is 53.2 Å². The Morgan fingerprint density at radius 2 is 2.25 bits per heavy atom. The van der Waals surface area contributed by atoms with E-state index in [4.69, 9.17) is 10.2 Å². The molecule has 5 heteroatoms. The molecule has 1 aromatic carbocycles. The maximum absolute atomic E-state index is 13.2. The summed E-state index contributed by atoms with van der Waals surface area (Å²) in [4.78, 5) is 12.0. The highest BCUT2D eigenvalue weighted by Gasteiger charge is 2.14. The Balaban J connectivity index is 2.29. The molecule has 0 saturated carbocycles. The highest BCUT2D eigenvalue weighted by molar-refractivity contribution is 6.03. The fraction of sp³-hybridized carbons (Fsp3) is 0.133. The van der Waals surface area contributed by atoms with Gasteiger partial charge in [-0.1, -0.05) is 11.8 Å². The number of halogens is 1. The average Bonchev–Trinajstić information content (AvgIpc) is 2.85.